The molecule has 0 radical (unpaired) electrons. The SMILES string of the molecule is CC(=O)N1CCCN(C(=O)c2ccco2)CC1. The van der Waals surface area contributed by atoms with Crippen molar-refractivity contribution in [2.45, 2.75) is 13.3 Å². The first-order chi connectivity index (χ1) is 8.18. The number of hydrogen-bond donors (Lipinski definition) is 0. The first-order valence-electron chi connectivity index (χ1n) is 5.77. The molecule has 0 atom stereocenters. The summed E-state index contributed by atoms with van der Waals surface area (Å²) >= 11 is 0. The Morgan fingerprint density at radius 3 is 2.53 bits per heavy atom. The maximum absolute atomic E-state index is 12.0. The number of carbonyl (C=O) groups excluding carboxylic acids is 2. The van der Waals surface area contributed by atoms with Crippen molar-refractivity contribution in [3.63, 3.8) is 0 Å². The molecule has 0 saturated carbocycles. The Kier molecular flexibility index (Phi) is 3.46. The molecule has 2 rings (SSSR count). The molecule has 1 saturated heterocycles. The van der Waals surface area contributed by atoms with E-state index in [1.54, 1.807) is 28.9 Å². The van der Waals surface area contributed by atoms with Crippen LogP contribution in [0.15, 0.2) is 22.8 Å². The lowest BCUT2D eigenvalue weighted by Crippen LogP contribution is -2.36. The van der Waals surface area contributed by atoms with Crippen LogP contribution in [0.5, 0.6) is 0 Å². The molecule has 2 amide bonds. The summed E-state index contributed by atoms with van der Waals surface area (Å²) in [6, 6.07) is 3.36. The Hall–Kier alpha value is -1.78. The summed E-state index contributed by atoms with van der Waals surface area (Å²) in [5.41, 5.74) is 0. The van der Waals surface area contributed by atoms with Crippen LogP contribution in [0.25, 0.3) is 0 Å². The van der Waals surface area contributed by atoms with Crippen molar-refractivity contribution in [2.75, 3.05) is 26.2 Å². The second kappa shape index (κ2) is 5.03. The fraction of sp³-hybridized carbons (Fsp3) is 0.500. The predicted octanol–water partition coefficient (Wildman–Crippen LogP) is 0.974. The number of amides is 2. The molecular weight excluding hydrogens is 220 g/mol. The van der Waals surface area contributed by atoms with E-state index in [-0.39, 0.29) is 11.8 Å². The highest BCUT2D eigenvalue weighted by Crippen LogP contribution is 2.09. The fourth-order valence-electron chi connectivity index (χ4n) is 1.99. The van der Waals surface area contributed by atoms with E-state index in [2.05, 4.69) is 0 Å². The summed E-state index contributed by atoms with van der Waals surface area (Å²) < 4.78 is 5.09. The molecule has 1 aromatic heterocycles. The van der Waals surface area contributed by atoms with E-state index in [0.29, 0.717) is 25.4 Å². The maximum Gasteiger partial charge on any atom is 0.289 e. The molecule has 1 fully saturated rings. The van der Waals surface area contributed by atoms with Crippen LogP contribution < -0.4 is 0 Å². The summed E-state index contributed by atoms with van der Waals surface area (Å²) in [7, 11) is 0. The predicted molar refractivity (Wildman–Crippen MR) is 61.5 cm³/mol. The Morgan fingerprint density at radius 1 is 1.18 bits per heavy atom. The van der Waals surface area contributed by atoms with E-state index in [4.69, 9.17) is 4.42 Å². The van der Waals surface area contributed by atoms with Gasteiger partial charge in [0.1, 0.15) is 0 Å². The van der Waals surface area contributed by atoms with Gasteiger partial charge in [-0.15, -0.1) is 0 Å². The maximum atomic E-state index is 12.0. The Bertz CT molecular complexity index is 400. The first kappa shape index (κ1) is 11.7. The second-order valence-corrected chi connectivity index (χ2v) is 4.13. The van der Waals surface area contributed by atoms with Crippen molar-refractivity contribution in [2.24, 2.45) is 0 Å². The lowest BCUT2D eigenvalue weighted by Gasteiger charge is -2.20. The molecule has 0 aromatic carbocycles. The average molecular weight is 236 g/mol. The summed E-state index contributed by atoms with van der Waals surface area (Å²) in [4.78, 5) is 26.8. The molecule has 0 spiro atoms. The second-order valence-electron chi connectivity index (χ2n) is 4.13. The van der Waals surface area contributed by atoms with Crippen LogP contribution in [0.4, 0.5) is 0 Å². The van der Waals surface area contributed by atoms with Crippen LogP contribution in [0.3, 0.4) is 0 Å². The monoisotopic (exact) mass is 236 g/mol. The van der Waals surface area contributed by atoms with Crippen LogP contribution >= 0.6 is 0 Å². The van der Waals surface area contributed by atoms with E-state index in [1.165, 1.54) is 6.26 Å². The molecule has 0 aliphatic carbocycles. The van der Waals surface area contributed by atoms with Gasteiger partial charge in [0.05, 0.1) is 6.26 Å². The van der Waals surface area contributed by atoms with Gasteiger partial charge in [0.25, 0.3) is 5.91 Å². The van der Waals surface area contributed by atoms with E-state index in [0.717, 1.165) is 13.0 Å². The minimum Gasteiger partial charge on any atom is -0.459 e. The van der Waals surface area contributed by atoms with Crippen molar-refractivity contribution in [1.82, 2.24) is 9.80 Å². The lowest BCUT2D eigenvalue weighted by atomic mass is 10.3. The Labute approximate surface area is 100.0 Å². The smallest absolute Gasteiger partial charge is 0.289 e. The highest BCUT2D eigenvalue weighted by atomic mass is 16.3. The minimum absolute atomic E-state index is 0.0669. The summed E-state index contributed by atoms with van der Waals surface area (Å²) in [5.74, 6) is 0.332. The van der Waals surface area contributed by atoms with Gasteiger partial charge in [-0.3, -0.25) is 9.59 Å². The zero-order chi connectivity index (χ0) is 12.3. The number of carbonyl (C=O) groups is 2. The van der Waals surface area contributed by atoms with Gasteiger partial charge in [-0.25, -0.2) is 0 Å². The van der Waals surface area contributed by atoms with Crippen molar-refractivity contribution in [1.29, 1.82) is 0 Å². The molecule has 5 nitrogen and oxygen atoms in total. The molecule has 0 N–H and O–H groups in total. The molecule has 1 aliphatic rings. The van der Waals surface area contributed by atoms with Crippen molar-refractivity contribution in [3.05, 3.63) is 24.2 Å². The highest BCUT2D eigenvalue weighted by Gasteiger charge is 2.22. The standard InChI is InChI=1S/C12H16N2O3/c1-10(15)13-5-3-6-14(8-7-13)12(16)11-4-2-9-17-11/h2,4,9H,3,5-8H2,1H3. The number of hydrogen-bond acceptors (Lipinski definition) is 3. The third kappa shape index (κ3) is 2.67. The Morgan fingerprint density at radius 2 is 1.88 bits per heavy atom. The van der Waals surface area contributed by atoms with Gasteiger partial charge < -0.3 is 14.2 Å². The third-order valence-corrected chi connectivity index (χ3v) is 2.96. The highest BCUT2D eigenvalue weighted by molar-refractivity contribution is 5.91. The first-order valence-corrected chi connectivity index (χ1v) is 5.77. The van der Waals surface area contributed by atoms with Gasteiger partial charge in [0, 0.05) is 33.1 Å². The van der Waals surface area contributed by atoms with Gasteiger partial charge >= 0.3 is 0 Å². The quantitative estimate of drug-likeness (QED) is 0.730. The normalized spacial score (nSPS) is 16.8. The van der Waals surface area contributed by atoms with Crippen LogP contribution in [-0.2, 0) is 4.79 Å². The van der Waals surface area contributed by atoms with Gasteiger partial charge in [-0.05, 0) is 18.6 Å². The zero-order valence-corrected chi connectivity index (χ0v) is 9.89. The van der Waals surface area contributed by atoms with Crippen LogP contribution in [0.2, 0.25) is 0 Å². The van der Waals surface area contributed by atoms with Crippen molar-refractivity contribution in [3.8, 4) is 0 Å². The number of rotatable bonds is 1. The van der Waals surface area contributed by atoms with Crippen LogP contribution in [-0.4, -0.2) is 47.8 Å². The molecule has 5 heteroatoms. The van der Waals surface area contributed by atoms with E-state index < -0.39 is 0 Å². The largest absolute Gasteiger partial charge is 0.459 e. The number of furan rings is 1. The van der Waals surface area contributed by atoms with E-state index in [9.17, 15) is 9.59 Å². The average Bonchev–Trinajstić information content (AvgIpc) is 2.71. The summed E-state index contributed by atoms with van der Waals surface area (Å²) in [6.07, 6.45) is 2.30. The van der Waals surface area contributed by atoms with Crippen molar-refractivity contribution >= 4 is 11.8 Å². The van der Waals surface area contributed by atoms with E-state index >= 15 is 0 Å². The van der Waals surface area contributed by atoms with Gasteiger partial charge in [-0.2, -0.15) is 0 Å². The molecule has 1 aromatic rings. The summed E-state index contributed by atoms with van der Waals surface area (Å²) in [6.45, 7) is 4.12. The topological polar surface area (TPSA) is 53.8 Å². The minimum atomic E-state index is -0.0968. The van der Waals surface area contributed by atoms with Crippen LogP contribution in [0.1, 0.15) is 23.9 Å². The molecule has 17 heavy (non-hydrogen) atoms. The molecule has 0 unspecified atom stereocenters. The third-order valence-electron chi connectivity index (χ3n) is 2.96. The van der Waals surface area contributed by atoms with Crippen molar-refractivity contribution < 1.29 is 14.0 Å². The molecular formula is C12H16N2O3. The van der Waals surface area contributed by atoms with Gasteiger partial charge in [0.15, 0.2) is 5.76 Å². The molecule has 1 aliphatic heterocycles. The summed E-state index contributed by atoms with van der Waals surface area (Å²) in [5, 5.41) is 0. The van der Waals surface area contributed by atoms with Gasteiger partial charge in [0.2, 0.25) is 5.91 Å². The zero-order valence-electron chi connectivity index (χ0n) is 9.89. The number of nitrogens with zero attached hydrogens (tertiary/aromatic N) is 2. The van der Waals surface area contributed by atoms with E-state index in [1.807, 2.05) is 0 Å². The Balaban J connectivity index is 1.99. The van der Waals surface area contributed by atoms with Crippen LogP contribution in [0, 0.1) is 0 Å². The molecule has 92 valence electrons. The fourth-order valence-corrected chi connectivity index (χ4v) is 1.99. The molecule has 2 heterocycles. The van der Waals surface area contributed by atoms with Gasteiger partial charge in [-0.1, -0.05) is 0 Å². The molecule has 0 bridgehead atoms. The lowest BCUT2D eigenvalue weighted by molar-refractivity contribution is -0.128.